The second-order valence-corrected chi connectivity index (χ2v) is 22.2. The number of anilines is 1. The van der Waals surface area contributed by atoms with Crippen molar-refractivity contribution in [1.82, 2.24) is 9.55 Å². The number of aliphatic hydroxyl groups excluding tert-OH is 2. The molecule has 0 bridgehead atoms. The summed E-state index contributed by atoms with van der Waals surface area (Å²) in [7, 11) is -10.9. The molecule has 0 radical (unpaired) electrons. The summed E-state index contributed by atoms with van der Waals surface area (Å²) in [4.78, 5) is 62.2. The van der Waals surface area contributed by atoms with Gasteiger partial charge in [0.15, 0.2) is 12.3 Å². The predicted molar refractivity (Wildman–Crippen MR) is 293 cm³/mol. The summed E-state index contributed by atoms with van der Waals surface area (Å²) in [6, 6.07) is 1.24. The Morgan fingerprint density at radius 1 is 0.658 bits per heavy atom. The van der Waals surface area contributed by atoms with Crippen LogP contribution in [0.1, 0.15) is 181 Å². The quantitative estimate of drug-likeness (QED) is 0.0133. The smallest absolute Gasteiger partial charge is 0.462 e. The van der Waals surface area contributed by atoms with Gasteiger partial charge in [-0.15, -0.1) is 0 Å². The van der Waals surface area contributed by atoms with Crippen LogP contribution in [0.2, 0.25) is 0 Å². The van der Waals surface area contributed by atoms with E-state index in [4.69, 9.17) is 33.7 Å². The van der Waals surface area contributed by atoms with Crippen molar-refractivity contribution in [1.29, 1.82) is 0 Å². The lowest BCUT2D eigenvalue weighted by molar-refractivity contribution is -0.161. The van der Waals surface area contributed by atoms with E-state index in [1.165, 1.54) is 51.0 Å². The van der Waals surface area contributed by atoms with Crippen LogP contribution in [-0.2, 0) is 51.0 Å². The minimum Gasteiger partial charge on any atom is -0.462 e. The van der Waals surface area contributed by atoms with Crippen LogP contribution in [0.4, 0.5) is 5.82 Å². The molecule has 19 nitrogen and oxygen atoms in total. The lowest BCUT2D eigenvalue weighted by Gasteiger charge is -2.21. The van der Waals surface area contributed by atoms with Crippen LogP contribution in [0.5, 0.6) is 0 Å². The van der Waals surface area contributed by atoms with Crippen molar-refractivity contribution in [2.45, 2.75) is 217 Å². The van der Waals surface area contributed by atoms with E-state index in [9.17, 15) is 43.5 Å². The van der Waals surface area contributed by atoms with Gasteiger partial charge >= 0.3 is 33.3 Å². The molecule has 1 aromatic heterocycles. The summed E-state index contributed by atoms with van der Waals surface area (Å²) in [5.41, 5.74) is 4.59. The van der Waals surface area contributed by atoms with Crippen LogP contribution >= 0.6 is 15.6 Å². The molecule has 4 unspecified atom stereocenters. The average molecular weight is 1110 g/mol. The average Bonchev–Trinajstić information content (AvgIpc) is 4.07. The molecule has 21 heteroatoms. The third-order valence-corrected chi connectivity index (χ3v) is 15.0. The summed E-state index contributed by atoms with van der Waals surface area (Å²) in [5, 5.41) is 21.0. The van der Waals surface area contributed by atoms with E-state index in [-0.39, 0.29) is 30.9 Å². The van der Waals surface area contributed by atoms with Crippen LogP contribution in [0.25, 0.3) is 0 Å². The van der Waals surface area contributed by atoms with Crippen molar-refractivity contribution >= 4 is 33.4 Å². The minimum atomic E-state index is -5.45. The highest BCUT2D eigenvalue weighted by molar-refractivity contribution is 7.61. The van der Waals surface area contributed by atoms with Gasteiger partial charge in [-0.05, 0) is 96.0 Å². The first-order valence-corrected chi connectivity index (χ1v) is 30.6. The highest BCUT2D eigenvalue weighted by Crippen LogP contribution is 2.60. The number of rotatable bonds is 44. The Labute approximate surface area is 450 Å². The summed E-state index contributed by atoms with van der Waals surface area (Å²) >= 11 is 0. The van der Waals surface area contributed by atoms with Gasteiger partial charge in [0.1, 0.15) is 30.7 Å². The van der Waals surface area contributed by atoms with Gasteiger partial charge in [0.25, 0.3) is 0 Å². The Hall–Kier alpha value is -3.84. The molecule has 2 aliphatic rings. The molecule has 3 heterocycles. The number of phosphoric ester groups is 2. The molecule has 0 saturated carbocycles. The van der Waals surface area contributed by atoms with Crippen molar-refractivity contribution < 1.29 is 71.0 Å². The van der Waals surface area contributed by atoms with E-state index < -0.39 is 83.7 Å². The van der Waals surface area contributed by atoms with Crippen LogP contribution in [-0.4, -0.2) is 97.9 Å². The third-order valence-electron chi connectivity index (χ3n) is 12.4. The van der Waals surface area contributed by atoms with E-state index in [2.05, 4.69) is 96.1 Å². The van der Waals surface area contributed by atoms with Crippen LogP contribution in [0.3, 0.4) is 0 Å². The van der Waals surface area contributed by atoms with Gasteiger partial charge in [-0.2, -0.15) is 9.29 Å². The van der Waals surface area contributed by atoms with Crippen molar-refractivity contribution in [3.63, 3.8) is 0 Å². The van der Waals surface area contributed by atoms with Crippen molar-refractivity contribution in [2.75, 3.05) is 25.6 Å². The van der Waals surface area contributed by atoms with Gasteiger partial charge in [0, 0.05) is 19.0 Å². The van der Waals surface area contributed by atoms with E-state index in [1.54, 1.807) is 0 Å². The fraction of sp³-hybridized carbons (Fsp3) is 0.673. The van der Waals surface area contributed by atoms with Gasteiger partial charge in [-0.3, -0.25) is 23.2 Å². The van der Waals surface area contributed by atoms with Gasteiger partial charge in [-0.25, -0.2) is 13.9 Å². The first kappa shape index (κ1) is 66.4. The van der Waals surface area contributed by atoms with Crippen molar-refractivity contribution in [3.05, 3.63) is 95.7 Å². The molecule has 9 atom stereocenters. The van der Waals surface area contributed by atoms with Gasteiger partial charge in [-0.1, -0.05) is 145 Å². The second kappa shape index (κ2) is 39.5. The number of hydrogen-bond acceptors (Lipinski definition) is 16. The third kappa shape index (κ3) is 30.9. The lowest BCUT2D eigenvalue weighted by atomic mass is 10.1. The normalized spacial score (nSPS) is 21.9. The van der Waals surface area contributed by atoms with Crippen LogP contribution in [0.15, 0.2) is 90.0 Å². The van der Waals surface area contributed by atoms with Crippen molar-refractivity contribution in [2.24, 2.45) is 0 Å². The molecule has 6 N–H and O–H groups in total. The van der Waals surface area contributed by atoms with E-state index in [0.717, 1.165) is 94.2 Å². The molecule has 2 saturated heterocycles. The number of ether oxygens (including phenoxy) is 4. The molecule has 1 aromatic rings. The molecule has 76 heavy (non-hydrogen) atoms. The number of nitrogens with two attached hydrogens (primary N) is 1. The largest absolute Gasteiger partial charge is 0.481 e. The SMILES string of the molecule is CCCCC/C=C\C/C=C\C/C=C\CC1OC1CCCC(=O)OC[C@H](COP(=O)(O)OP(=O)(O)OC[C@H]1O[C@@H](n2ccc(N)nc2=O)[C@H](O)[C@@H]1O)OC(=O)CCCCCCCC/C=C\C/C=C\C/C=C\CCCCCC. The Morgan fingerprint density at radius 3 is 1.80 bits per heavy atom. The molecule has 0 aliphatic carbocycles. The van der Waals surface area contributed by atoms with Crippen LogP contribution < -0.4 is 11.4 Å². The minimum absolute atomic E-state index is 0.0157. The maximum atomic E-state index is 12.9. The summed E-state index contributed by atoms with van der Waals surface area (Å²) in [6.45, 7) is 2.03. The zero-order valence-electron chi connectivity index (χ0n) is 45.0. The number of aromatic nitrogens is 2. The van der Waals surface area contributed by atoms with Crippen LogP contribution in [0, 0.1) is 0 Å². The van der Waals surface area contributed by atoms with Gasteiger partial charge < -0.3 is 44.7 Å². The molecule has 0 spiro atoms. The maximum absolute atomic E-state index is 12.9. The number of nitrogens with zero attached hydrogens (tertiary/aromatic N) is 2. The molecule has 0 aromatic carbocycles. The Kier molecular flexibility index (Phi) is 34.5. The number of esters is 2. The highest BCUT2D eigenvalue weighted by Gasteiger charge is 2.46. The number of hydrogen-bond donors (Lipinski definition) is 5. The Morgan fingerprint density at radius 2 is 1.18 bits per heavy atom. The maximum Gasteiger partial charge on any atom is 0.481 e. The fourth-order valence-corrected chi connectivity index (χ4v) is 10.2. The van der Waals surface area contributed by atoms with E-state index in [1.807, 2.05) is 0 Å². The molecular formula is C55H89N3O16P2. The van der Waals surface area contributed by atoms with E-state index in [0.29, 0.717) is 19.3 Å². The number of allylic oxidation sites excluding steroid dienone is 11. The molecule has 2 fully saturated rings. The first-order valence-electron chi connectivity index (χ1n) is 27.6. The number of carbonyl (C=O) groups is 2. The molecule has 3 rings (SSSR count). The standard InChI is InChI=1S/C55H89N3O16P2/c1-3-5-7-9-11-13-15-17-18-19-20-21-22-23-24-26-28-30-32-34-38-51(60)71-45(42-68-50(59)39-35-37-47-46(72-47)36-33-31-29-27-25-16-14-12-10-8-6-4-2)43-69-75(64,65)74-76(66,67)70-44-48-52(61)53(62)54(73-48)58-41-40-49(56)57-55(58)63/h12-15,18-19,21-22,25,27,31,33,40-41,45-48,52-54,61-62H,3-11,16-17,20,23-24,26,28-30,32,34-39,42-44H2,1-2H3,(H,64,65)(H,66,67)(H2,56,57,63)/b14-12-,15-13-,19-18-,22-21-,27-25-,33-31-/t45-,46?,47?,48-,52-,53-,54-/m1/s1. The molecular weight excluding hydrogens is 1020 g/mol. The summed E-state index contributed by atoms with van der Waals surface area (Å²) < 4.78 is 62.7. The number of phosphoric acid groups is 2. The molecule has 2 aliphatic heterocycles. The molecule has 430 valence electrons. The monoisotopic (exact) mass is 1110 g/mol. The van der Waals surface area contributed by atoms with Gasteiger partial charge in [0.2, 0.25) is 0 Å². The fourth-order valence-electron chi connectivity index (χ4n) is 8.05. The second-order valence-electron chi connectivity index (χ2n) is 19.1. The first-order chi connectivity index (χ1) is 36.6. The lowest BCUT2D eigenvalue weighted by Crippen LogP contribution is -2.36. The highest BCUT2D eigenvalue weighted by atomic mass is 31.3. The predicted octanol–water partition coefficient (Wildman–Crippen LogP) is 11.0. The van der Waals surface area contributed by atoms with Crippen molar-refractivity contribution in [3.8, 4) is 0 Å². The summed E-state index contributed by atoms with van der Waals surface area (Å²) in [5.74, 6) is -1.39. The number of carbonyl (C=O) groups excluding carboxylic acids is 2. The zero-order chi connectivity index (χ0) is 55.3. The zero-order valence-corrected chi connectivity index (χ0v) is 46.8. The number of nitrogen functional groups attached to an aromatic ring is 1. The van der Waals surface area contributed by atoms with Gasteiger partial charge in [0.05, 0.1) is 25.4 Å². The number of aliphatic hydroxyl groups is 2. The summed E-state index contributed by atoms with van der Waals surface area (Å²) in [6.07, 6.45) is 42.7. The number of epoxide rings is 1. The van der Waals surface area contributed by atoms with E-state index >= 15 is 0 Å². The Bertz CT molecular complexity index is 2130. The molecule has 0 amide bonds. The Balaban J connectivity index is 1.40. The number of unbranched alkanes of at least 4 members (excludes halogenated alkanes) is 13. The topological polar surface area (TPSA) is 278 Å².